The van der Waals surface area contributed by atoms with E-state index in [9.17, 15) is 9.59 Å². The monoisotopic (exact) mass is 566 g/mol. The molecule has 10 heteroatoms. The summed E-state index contributed by atoms with van der Waals surface area (Å²) in [5.74, 6) is 0.837. The van der Waals surface area contributed by atoms with Gasteiger partial charge in [0, 0.05) is 17.4 Å². The van der Waals surface area contributed by atoms with Gasteiger partial charge in [-0.2, -0.15) is 5.10 Å². The highest BCUT2D eigenvalue weighted by molar-refractivity contribution is 6.13. The highest BCUT2D eigenvalue weighted by Gasteiger charge is 2.37. The number of benzene rings is 3. The van der Waals surface area contributed by atoms with Crippen LogP contribution in [0.25, 0.3) is 0 Å². The zero-order valence-corrected chi connectivity index (χ0v) is 24.3. The largest absolute Gasteiger partial charge is 0.497 e. The Morgan fingerprint density at radius 2 is 1.79 bits per heavy atom. The van der Waals surface area contributed by atoms with Gasteiger partial charge in [-0.3, -0.25) is 14.6 Å². The summed E-state index contributed by atoms with van der Waals surface area (Å²) in [4.78, 5) is 30.9. The number of aliphatic imine (C=N–C) groups is 1. The fourth-order valence-corrected chi connectivity index (χ4v) is 5.05. The summed E-state index contributed by atoms with van der Waals surface area (Å²) < 4.78 is 10.6. The molecule has 0 bridgehead atoms. The maximum atomic E-state index is 13.3. The van der Waals surface area contributed by atoms with Crippen molar-refractivity contribution in [3.05, 3.63) is 94.7 Å². The van der Waals surface area contributed by atoms with Crippen molar-refractivity contribution in [2.45, 2.75) is 26.8 Å². The van der Waals surface area contributed by atoms with Gasteiger partial charge in [0.1, 0.15) is 23.5 Å². The molecule has 0 aromatic heterocycles. The molecule has 10 nitrogen and oxygen atoms in total. The second-order valence-corrected chi connectivity index (χ2v) is 10.2. The fraction of sp³-hybridized carbons (Fsp3) is 0.250. The Labute approximate surface area is 245 Å². The Morgan fingerprint density at radius 1 is 1.00 bits per heavy atom. The zero-order chi connectivity index (χ0) is 29.8. The predicted octanol–water partition coefficient (Wildman–Crippen LogP) is 5.12. The predicted molar refractivity (Wildman–Crippen MR) is 164 cm³/mol. The lowest BCUT2D eigenvalue weighted by Crippen LogP contribution is -2.35. The molecule has 0 aliphatic carbocycles. The van der Waals surface area contributed by atoms with Gasteiger partial charge >= 0.3 is 0 Å². The van der Waals surface area contributed by atoms with Gasteiger partial charge in [0.15, 0.2) is 5.84 Å². The number of ether oxygens (including phenoxy) is 2. The summed E-state index contributed by atoms with van der Waals surface area (Å²) in [6, 6.07) is 20.4. The molecule has 2 aliphatic heterocycles. The highest BCUT2D eigenvalue weighted by Crippen LogP contribution is 2.33. The van der Waals surface area contributed by atoms with Gasteiger partial charge in [0.2, 0.25) is 5.91 Å². The molecule has 3 aromatic rings. The molecule has 42 heavy (non-hydrogen) atoms. The van der Waals surface area contributed by atoms with Crippen molar-refractivity contribution in [3.63, 3.8) is 0 Å². The molecular formula is C32H34N6O4. The number of hydrogen-bond acceptors (Lipinski definition) is 8. The topological polar surface area (TPSA) is 117 Å². The molecule has 2 aliphatic rings. The molecule has 2 atom stereocenters. The van der Waals surface area contributed by atoms with Crippen LogP contribution in [0.5, 0.6) is 11.5 Å². The van der Waals surface area contributed by atoms with Crippen LogP contribution in [0.1, 0.15) is 41.4 Å². The molecule has 0 radical (unpaired) electrons. The summed E-state index contributed by atoms with van der Waals surface area (Å²) in [6.07, 6.45) is 1.48. The number of anilines is 2. The van der Waals surface area contributed by atoms with Gasteiger partial charge in [-0.1, -0.05) is 36.4 Å². The number of fused-ring (bicyclic) bond motifs is 1. The number of aryl methyl sites for hydroxylation is 1. The third kappa shape index (κ3) is 5.83. The molecule has 1 unspecified atom stereocenters. The number of amides is 2. The molecule has 0 fully saturated rings. The van der Waals surface area contributed by atoms with E-state index in [2.05, 4.69) is 26.0 Å². The second-order valence-electron chi connectivity index (χ2n) is 10.2. The molecule has 0 saturated carbocycles. The van der Waals surface area contributed by atoms with Crippen molar-refractivity contribution < 1.29 is 19.1 Å². The maximum absolute atomic E-state index is 13.3. The number of hydrazone groups is 1. The summed E-state index contributed by atoms with van der Waals surface area (Å²) in [7, 11) is 3.07. The first kappa shape index (κ1) is 28.4. The first-order valence-electron chi connectivity index (χ1n) is 13.6. The quantitative estimate of drug-likeness (QED) is 0.349. The van der Waals surface area contributed by atoms with Crippen molar-refractivity contribution in [1.82, 2.24) is 10.3 Å². The van der Waals surface area contributed by atoms with Gasteiger partial charge in [-0.25, -0.2) is 4.99 Å². The minimum Gasteiger partial charge on any atom is -0.497 e. The van der Waals surface area contributed by atoms with Crippen LogP contribution in [0.2, 0.25) is 0 Å². The Morgan fingerprint density at radius 3 is 2.52 bits per heavy atom. The Balaban J connectivity index is 1.33. The lowest BCUT2D eigenvalue weighted by Gasteiger charge is -2.23. The minimum atomic E-state index is -0.375. The van der Waals surface area contributed by atoms with E-state index in [1.807, 2.05) is 69.3 Å². The standard InChI is InChI=1S/C32H34N6O4/c1-19-11-12-23(36-31(39)25-14-13-24(41-4)16-28(25)42-5)15-27(19)37-30-29-20(2)26(17-38(29)34-18-33-30)32(40)35-21(3)22-9-7-6-8-10-22/h6-16,18,21,26H,17H2,1-5H3,(H,35,40)(H,36,39)(H,33,34,37)/t21-,26?/m0/s1. The average Bonchev–Trinajstić information content (AvgIpc) is 3.36. The molecule has 0 saturated heterocycles. The van der Waals surface area contributed by atoms with Gasteiger partial charge in [0.25, 0.3) is 5.91 Å². The molecular weight excluding hydrogens is 532 g/mol. The normalized spacial score (nSPS) is 16.4. The first-order valence-corrected chi connectivity index (χ1v) is 13.6. The van der Waals surface area contributed by atoms with E-state index < -0.39 is 0 Å². The Hall–Kier alpha value is -5.12. The number of methoxy groups -OCH3 is 2. The molecule has 3 aromatic carbocycles. The molecule has 0 spiro atoms. The number of rotatable bonds is 8. The maximum Gasteiger partial charge on any atom is 0.259 e. The van der Waals surface area contributed by atoms with E-state index in [1.165, 1.54) is 13.4 Å². The molecule has 2 heterocycles. The second kappa shape index (κ2) is 12.2. The van der Waals surface area contributed by atoms with Crippen molar-refractivity contribution >= 4 is 35.4 Å². The van der Waals surface area contributed by atoms with Crippen molar-refractivity contribution in [2.24, 2.45) is 16.0 Å². The summed E-state index contributed by atoms with van der Waals surface area (Å²) in [5.41, 5.74) is 5.38. The lowest BCUT2D eigenvalue weighted by molar-refractivity contribution is -0.124. The van der Waals surface area contributed by atoms with Crippen molar-refractivity contribution in [2.75, 3.05) is 31.4 Å². The van der Waals surface area contributed by atoms with Crippen LogP contribution >= 0.6 is 0 Å². The van der Waals surface area contributed by atoms with Crippen LogP contribution in [-0.2, 0) is 4.79 Å². The van der Waals surface area contributed by atoms with Crippen molar-refractivity contribution in [3.8, 4) is 11.5 Å². The smallest absolute Gasteiger partial charge is 0.259 e. The number of carbonyl (C=O) groups excluding carboxylic acids is 2. The van der Waals surface area contributed by atoms with E-state index in [4.69, 9.17) is 9.47 Å². The zero-order valence-electron chi connectivity index (χ0n) is 24.3. The minimum absolute atomic E-state index is 0.0600. The van der Waals surface area contributed by atoms with Gasteiger partial charge < -0.3 is 25.4 Å². The number of nitrogens with one attached hydrogen (secondary N) is 3. The molecule has 5 rings (SSSR count). The Kier molecular flexibility index (Phi) is 8.24. The van der Waals surface area contributed by atoms with Crippen molar-refractivity contribution in [1.29, 1.82) is 0 Å². The van der Waals surface area contributed by atoms with Gasteiger partial charge in [-0.15, -0.1) is 0 Å². The van der Waals surface area contributed by atoms with E-state index in [0.29, 0.717) is 35.1 Å². The molecule has 3 N–H and O–H groups in total. The number of nitrogens with zero attached hydrogens (tertiary/aromatic N) is 3. The summed E-state index contributed by atoms with van der Waals surface area (Å²) in [5, 5.41) is 15.7. The van der Waals surface area contributed by atoms with E-state index in [-0.39, 0.29) is 23.8 Å². The van der Waals surface area contributed by atoms with Crippen LogP contribution in [0, 0.1) is 12.8 Å². The van der Waals surface area contributed by atoms with Crippen LogP contribution in [0.15, 0.2) is 88.1 Å². The first-order chi connectivity index (χ1) is 20.3. The van der Waals surface area contributed by atoms with Crippen LogP contribution < -0.4 is 25.4 Å². The third-order valence-electron chi connectivity index (χ3n) is 7.49. The third-order valence-corrected chi connectivity index (χ3v) is 7.49. The SMILES string of the molecule is COc1ccc(C(=O)Nc2ccc(C)c(NC3=NC=NN4CC(C(=O)N[C@@H](C)c5ccccc5)C(C)=C34)c2)c(OC)c1. The number of hydrogen-bond donors (Lipinski definition) is 3. The van der Waals surface area contributed by atoms with Gasteiger partial charge in [0.05, 0.1) is 38.3 Å². The van der Waals surface area contributed by atoms with E-state index in [0.717, 1.165) is 28.1 Å². The number of carbonyl (C=O) groups is 2. The average molecular weight is 567 g/mol. The molecule has 216 valence electrons. The van der Waals surface area contributed by atoms with E-state index in [1.54, 1.807) is 30.3 Å². The molecule has 2 amide bonds. The van der Waals surface area contributed by atoms with Crippen LogP contribution in [0.4, 0.5) is 11.4 Å². The Bertz CT molecular complexity index is 1600. The lowest BCUT2D eigenvalue weighted by atomic mass is 10.00. The van der Waals surface area contributed by atoms with Crippen LogP contribution in [-0.4, -0.2) is 49.8 Å². The highest BCUT2D eigenvalue weighted by atomic mass is 16.5. The fourth-order valence-electron chi connectivity index (χ4n) is 5.05. The summed E-state index contributed by atoms with van der Waals surface area (Å²) in [6.45, 7) is 6.30. The number of amidine groups is 1. The summed E-state index contributed by atoms with van der Waals surface area (Å²) >= 11 is 0. The van der Waals surface area contributed by atoms with Gasteiger partial charge in [-0.05, 0) is 61.7 Å². The van der Waals surface area contributed by atoms with Crippen LogP contribution in [0.3, 0.4) is 0 Å². The van der Waals surface area contributed by atoms with E-state index >= 15 is 0 Å².